The Morgan fingerprint density at radius 2 is 2.31 bits per heavy atom. The van der Waals surface area contributed by atoms with Gasteiger partial charge in [-0.3, -0.25) is 0 Å². The molecule has 6 nitrogen and oxygen atoms in total. The number of aromatic nitrogens is 4. The van der Waals surface area contributed by atoms with Gasteiger partial charge in [0.2, 0.25) is 5.65 Å². The van der Waals surface area contributed by atoms with Gasteiger partial charge in [-0.1, -0.05) is 0 Å². The van der Waals surface area contributed by atoms with Crippen molar-refractivity contribution in [1.29, 1.82) is 0 Å². The van der Waals surface area contributed by atoms with E-state index in [1.165, 1.54) is 0 Å². The van der Waals surface area contributed by atoms with E-state index in [1.54, 1.807) is 6.20 Å². The standard InChI is InChI=1S/C10H13N5O/c11-5-10(2-7(16)3-10)6-1-8-9(12-4-6)14-15-13-8/h1,4,7,16H,2-3,5,11H2,(H,12,13,14,15). The van der Waals surface area contributed by atoms with Gasteiger partial charge in [0.1, 0.15) is 5.52 Å². The zero-order valence-corrected chi connectivity index (χ0v) is 8.72. The summed E-state index contributed by atoms with van der Waals surface area (Å²) in [6, 6.07) is 1.95. The van der Waals surface area contributed by atoms with E-state index in [4.69, 9.17) is 5.73 Å². The summed E-state index contributed by atoms with van der Waals surface area (Å²) < 4.78 is 0. The van der Waals surface area contributed by atoms with Gasteiger partial charge in [-0.15, -0.1) is 5.10 Å². The van der Waals surface area contributed by atoms with Gasteiger partial charge in [-0.25, -0.2) is 4.98 Å². The molecule has 1 fully saturated rings. The van der Waals surface area contributed by atoms with Crippen LogP contribution in [0.4, 0.5) is 0 Å². The Hall–Kier alpha value is -1.53. The molecule has 0 spiro atoms. The van der Waals surface area contributed by atoms with Crippen molar-refractivity contribution < 1.29 is 5.11 Å². The zero-order valence-electron chi connectivity index (χ0n) is 8.72. The highest BCUT2D eigenvalue weighted by Crippen LogP contribution is 2.43. The van der Waals surface area contributed by atoms with Crippen molar-refractivity contribution >= 4 is 11.2 Å². The number of hydrogen-bond donors (Lipinski definition) is 3. The van der Waals surface area contributed by atoms with Crippen LogP contribution in [0, 0.1) is 0 Å². The number of H-pyrrole nitrogens is 1. The summed E-state index contributed by atoms with van der Waals surface area (Å²) in [4.78, 5) is 4.22. The van der Waals surface area contributed by atoms with E-state index in [9.17, 15) is 5.11 Å². The monoisotopic (exact) mass is 219 g/mol. The summed E-state index contributed by atoms with van der Waals surface area (Å²) in [5, 5.41) is 19.9. The van der Waals surface area contributed by atoms with E-state index in [1.807, 2.05) is 6.07 Å². The first-order valence-corrected chi connectivity index (χ1v) is 5.29. The number of nitrogens with two attached hydrogens (primary N) is 1. The number of hydrogen-bond acceptors (Lipinski definition) is 5. The molecule has 0 unspecified atom stereocenters. The average Bonchev–Trinajstić information content (AvgIpc) is 2.71. The van der Waals surface area contributed by atoms with Gasteiger partial charge >= 0.3 is 0 Å². The summed E-state index contributed by atoms with van der Waals surface area (Å²) in [6.07, 6.45) is 2.95. The summed E-state index contributed by atoms with van der Waals surface area (Å²) in [7, 11) is 0. The summed E-state index contributed by atoms with van der Waals surface area (Å²) in [5.41, 5.74) is 8.07. The SMILES string of the molecule is NCC1(c2cnc3n[nH]nc3c2)CC(O)C1. The minimum absolute atomic E-state index is 0.125. The molecule has 0 amide bonds. The van der Waals surface area contributed by atoms with Crippen molar-refractivity contribution in [1.82, 2.24) is 20.4 Å². The molecule has 0 saturated heterocycles. The van der Waals surface area contributed by atoms with Crippen LogP contribution in [0.15, 0.2) is 12.3 Å². The van der Waals surface area contributed by atoms with Crippen LogP contribution in [0.2, 0.25) is 0 Å². The minimum atomic E-state index is -0.239. The molecule has 1 aliphatic carbocycles. The maximum atomic E-state index is 9.44. The fraction of sp³-hybridized carbons (Fsp3) is 0.500. The van der Waals surface area contributed by atoms with Crippen LogP contribution >= 0.6 is 0 Å². The van der Waals surface area contributed by atoms with Crippen LogP contribution < -0.4 is 5.73 Å². The van der Waals surface area contributed by atoms with Crippen LogP contribution in [-0.4, -0.2) is 38.1 Å². The highest BCUT2D eigenvalue weighted by molar-refractivity contribution is 5.69. The third-order valence-corrected chi connectivity index (χ3v) is 3.43. The lowest BCUT2D eigenvalue weighted by Crippen LogP contribution is -2.49. The number of rotatable bonds is 2. The van der Waals surface area contributed by atoms with Crippen molar-refractivity contribution in [3.05, 3.63) is 17.8 Å². The highest BCUT2D eigenvalue weighted by Gasteiger charge is 2.44. The van der Waals surface area contributed by atoms with Gasteiger partial charge in [-0.05, 0) is 24.5 Å². The highest BCUT2D eigenvalue weighted by atomic mass is 16.3. The third-order valence-electron chi connectivity index (χ3n) is 3.43. The molecule has 16 heavy (non-hydrogen) atoms. The maximum absolute atomic E-state index is 9.44. The molecule has 2 aromatic heterocycles. The second-order valence-corrected chi connectivity index (χ2v) is 4.44. The quantitative estimate of drug-likeness (QED) is 0.644. The first-order chi connectivity index (χ1) is 7.73. The number of aliphatic hydroxyl groups excluding tert-OH is 1. The van der Waals surface area contributed by atoms with E-state index >= 15 is 0 Å². The number of nitrogens with zero attached hydrogens (tertiary/aromatic N) is 3. The number of fused-ring (bicyclic) bond motifs is 1. The van der Waals surface area contributed by atoms with Crippen LogP contribution in [-0.2, 0) is 5.41 Å². The number of nitrogens with one attached hydrogen (secondary N) is 1. The Morgan fingerprint density at radius 1 is 1.50 bits per heavy atom. The fourth-order valence-electron chi connectivity index (χ4n) is 2.39. The lowest BCUT2D eigenvalue weighted by molar-refractivity contribution is 0.0221. The number of pyridine rings is 1. The van der Waals surface area contributed by atoms with Gasteiger partial charge < -0.3 is 10.8 Å². The summed E-state index contributed by atoms with van der Waals surface area (Å²) >= 11 is 0. The van der Waals surface area contributed by atoms with Gasteiger partial charge in [-0.2, -0.15) is 10.3 Å². The molecule has 4 N–H and O–H groups in total. The van der Waals surface area contributed by atoms with E-state index in [2.05, 4.69) is 20.4 Å². The molecule has 6 heteroatoms. The molecule has 84 valence electrons. The van der Waals surface area contributed by atoms with Crippen molar-refractivity contribution in [2.75, 3.05) is 6.54 Å². The van der Waals surface area contributed by atoms with Crippen molar-refractivity contribution in [2.24, 2.45) is 5.73 Å². The Bertz CT molecular complexity index is 517. The van der Waals surface area contributed by atoms with Crippen molar-refractivity contribution in [2.45, 2.75) is 24.4 Å². The molecule has 0 radical (unpaired) electrons. The fourth-order valence-corrected chi connectivity index (χ4v) is 2.39. The van der Waals surface area contributed by atoms with E-state index in [0.29, 0.717) is 25.0 Å². The Morgan fingerprint density at radius 3 is 3.00 bits per heavy atom. The smallest absolute Gasteiger partial charge is 0.201 e. The Kier molecular flexibility index (Phi) is 1.95. The molecule has 0 bridgehead atoms. The van der Waals surface area contributed by atoms with Gasteiger partial charge in [0.15, 0.2) is 0 Å². The number of aromatic amines is 1. The van der Waals surface area contributed by atoms with Crippen LogP contribution in [0.25, 0.3) is 11.2 Å². The van der Waals surface area contributed by atoms with Gasteiger partial charge in [0.05, 0.1) is 6.10 Å². The largest absolute Gasteiger partial charge is 0.393 e. The topological polar surface area (TPSA) is 101 Å². The predicted octanol–water partition coefficient (Wildman–Crippen LogP) is -0.296. The zero-order chi connectivity index (χ0) is 11.2. The summed E-state index contributed by atoms with van der Waals surface area (Å²) in [5.74, 6) is 0. The summed E-state index contributed by atoms with van der Waals surface area (Å²) in [6.45, 7) is 0.523. The Balaban J connectivity index is 2.04. The molecule has 1 saturated carbocycles. The van der Waals surface area contributed by atoms with Crippen molar-refractivity contribution in [3.8, 4) is 0 Å². The van der Waals surface area contributed by atoms with Gasteiger partial charge in [0.25, 0.3) is 0 Å². The first kappa shape index (κ1) is 9.68. The Labute approximate surface area is 91.9 Å². The first-order valence-electron chi connectivity index (χ1n) is 5.29. The second kappa shape index (κ2) is 3.23. The predicted molar refractivity (Wildman–Crippen MR) is 57.7 cm³/mol. The molecule has 2 aromatic rings. The molecular weight excluding hydrogens is 206 g/mol. The third kappa shape index (κ3) is 1.23. The molecular formula is C10H13N5O. The average molecular weight is 219 g/mol. The lowest BCUT2D eigenvalue weighted by atomic mass is 9.63. The lowest BCUT2D eigenvalue weighted by Gasteiger charge is -2.44. The minimum Gasteiger partial charge on any atom is -0.393 e. The number of aliphatic hydroxyl groups is 1. The molecule has 3 rings (SSSR count). The van der Waals surface area contributed by atoms with Gasteiger partial charge in [0, 0.05) is 18.2 Å². The van der Waals surface area contributed by atoms with E-state index in [-0.39, 0.29) is 11.5 Å². The molecule has 2 heterocycles. The molecule has 1 aliphatic rings. The van der Waals surface area contributed by atoms with Crippen LogP contribution in [0.5, 0.6) is 0 Å². The molecule has 0 atom stereocenters. The van der Waals surface area contributed by atoms with Crippen LogP contribution in [0.1, 0.15) is 18.4 Å². The van der Waals surface area contributed by atoms with E-state index in [0.717, 1.165) is 11.1 Å². The second-order valence-electron chi connectivity index (χ2n) is 4.44. The van der Waals surface area contributed by atoms with Crippen molar-refractivity contribution in [3.63, 3.8) is 0 Å². The normalized spacial score (nSPS) is 29.2. The molecule has 0 aromatic carbocycles. The maximum Gasteiger partial charge on any atom is 0.201 e. The van der Waals surface area contributed by atoms with Crippen LogP contribution in [0.3, 0.4) is 0 Å². The molecule has 0 aliphatic heterocycles. The van der Waals surface area contributed by atoms with E-state index < -0.39 is 0 Å².